The molecule has 34 heavy (non-hydrogen) atoms. The lowest BCUT2D eigenvalue weighted by Gasteiger charge is -2.32. The SMILES string of the molecule is COc1ccc([C@@H]2C3=C(CCCC3=O)Nc3nc(SCc4ccc5ccccc5c4)nn32)cc1. The van der Waals surface area contributed by atoms with Crippen LogP contribution in [0.3, 0.4) is 0 Å². The number of nitrogens with zero attached hydrogens (tertiary/aromatic N) is 3. The molecule has 1 aliphatic heterocycles. The highest BCUT2D eigenvalue weighted by Crippen LogP contribution is 2.41. The molecule has 0 saturated heterocycles. The first kappa shape index (κ1) is 21.0. The molecule has 4 aromatic rings. The Morgan fingerprint density at radius 1 is 1.06 bits per heavy atom. The second kappa shape index (κ2) is 8.65. The average Bonchev–Trinajstić information content (AvgIpc) is 3.29. The number of ketones is 1. The Bertz CT molecular complexity index is 1420. The van der Waals surface area contributed by atoms with E-state index in [2.05, 4.69) is 47.8 Å². The lowest BCUT2D eigenvalue weighted by atomic mass is 9.85. The van der Waals surface area contributed by atoms with Crippen molar-refractivity contribution in [3.8, 4) is 5.75 Å². The molecule has 0 saturated carbocycles. The largest absolute Gasteiger partial charge is 0.497 e. The Hall–Kier alpha value is -3.58. The van der Waals surface area contributed by atoms with Gasteiger partial charge in [0.15, 0.2) is 5.78 Å². The normalized spacial score (nSPS) is 17.3. The number of aromatic nitrogens is 3. The van der Waals surface area contributed by atoms with E-state index in [9.17, 15) is 4.79 Å². The number of benzene rings is 3. The van der Waals surface area contributed by atoms with E-state index in [4.69, 9.17) is 14.8 Å². The molecule has 1 aromatic heterocycles. The number of carbonyl (C=O) groups excluding carboxylic acids is 1. The number of nitrogens with one attached hydrogen (secondary N) is 1. The molecular formula is C27H24N4O2S. The molecule has 0 amide bonds. The Balaban J connectivity index is 1.32. The van der Waals surface area contributed by atoms with Crippen LogP contribution in [0.5, 0.6) is 5.75 Å². The highest BCUT2D eigenvalue weighted by Gasteiger charge is 2.36. The lowest BCUT2D eigenvalue weighted by Crippen LogP contribution is -2.31. The van der Waals surface area contributed by atoms with Gasteiger partial charge >= 0.3 is 0 Å². The Morgan fingerprint density at radius 2 is 1.88 bits per heavy atom. The second-order valence-electron chi connectivity index (χ2n) is 8.60. The number of carbonyl (C=O) groups is 1. The van der Waals surface area contributed by atoms with Crippen molar-refractivity contribution < 1.29 is 9.53 Å². The fourth-order valence-electron chi connectivity index (χ4n) is 4.77. The van der Waals surface area contributed by atoms with Crippen LogP contribution in [-0.2, 0) is 10.5 Å². The summed E-state index contributed by atoms with van der Waals surface area (Å²) in [7, 11) is 1.65. The Kier molecular flexibility index (Phi) is 5.34. The summed E-state index contributed by atoms with van der Waals surface area (Å²) in [4.78, 5) is 17.8. The van der Waals surface area contributed by atoms with Gasteiger partial charge in [-0.1, -0.05) is 66.4 Å². The van der Waals surface area contributed by atoms with Crippen LogP contribution in [-0.4, -0.2) is 27.7 Å². The summed E-state index contributed by atoms with van der Waals surface area (Å²) < 4.78 is 7.20. The van der Waals surface area contributed by atoms with E-state index in [0.717, 1.165) is 41.2 Å². The maximum Gasteiger partial charge on any atom is 0.227 e. The zero-order valence-corrected chi connectivity index (χ0v) is 19.6. The van der Waals surface area contributed by atoms with Crippen LogP contribution in [0.1, 0.15) is 36.4 Å². The molecule has 1 aliphatic carbocycles. The predicted molar refractivity (Wildman–Crippen MR) is 134 cm³/mol. The number of hydrogen-bond donors (Lipinski definition) is 1. The van der Waals surface area contributed by atoms with Crippen LogP contribution in [0.4, 0.5) is 5.95 Å². The quantitative estimate of drug-likeness (QED) is 0.376. The van der Waals surface area contributed by atoms with Gasteiger partial charge in [0.2, 0.25) is 11.1 Å². The molecule has 6 rings (SSSR count). The summed E-state index contributed by atoms with van der Waals surface area (Å²) >= 11 is 1.61. The van der Waals surface area contributed by atoms with Crippen LogP contribution in [0.15, 0.2) is 83.2 Å². The third-order valence-electron chi connectivity index (χ3n) is 6.46. The number of methoxy groups -OCH3 is 1. The Morgan fingerprint density at radius 3 is 2.71 bits per heavy atom. The van der Waals surface area contributed by atoms with Gasteiger partial charge in [-0.05, 0) is 46.9 Å². The summed E-state index contributed by atoms with van der Waals surface area (Å²) in [5.41, 5.74) is 4.01. The van der Waals surface area contributed by atoms with Gasteiger partial charge < -0.3 is 10.1 Å². The molecule has 170 valence electrons. The van der Waals surface area contributed by atoms with Crippen molar-refractivity contribution in [2.24, 2.45) is 0 Å². The maximum absolute atomic E-state index is 13.0. The number of Topliss-reactive ketones (excluding diaryl/α,β-unsaturated/α-hetero) is 1. The van der Waals surface area contributed by atoms with Gasteiger partial charge in [-0.2, -0.15) is 4.98 Å². The van der Waals surface area contributed by atoms with E-state index in [-0.39, 0.29) is 11.8 Å². The van der Waals surface area contributed by atoms with Crippen molar-refractivity contribution in [1.82, 2.24) is 14.8 Å². The molecule has 2 heterocycles. The van der Waals surface area contributed by atoms with Gasteiger partial charge in [0, 0.05) is 23.4 Å². The number of thioether (sulfide) groups is 1. The topological polar surface area (TPSA) is 69.0 Å². The summed E-state index contributed by atoms with van der Waals surface area (Å²) in [5, 5.41) is 11.4. The molecule has 7 heteroatoms. The van der Waals surface area contributed by atoms with E-state index in [1.54, 1.807) is 18.9 Å². The molecule has 2 aliphatic rings. The number of rotatable bonds is 5. The monoisotopic (exact) mass is 468 g/mol. The van der Waals surface area contributed by atoms with Crippen molar-refractivity contribution in [3.63, 3.8) is 0 Å². The van der Waals surface area contributed by atoms with E-state index >= 15 is 0 Å². The standard InChI is InChI=1S/C27H24N4O2S/c1-33-21-13-11-19(12-14-21)25-24-22(7-4-8-23(24)32)28-26-29-27(30-31(25)26)34-16-17-9-10-18-5-2-3-6-20(18)15-17/h2-3,5-6,9-15,25H,4,7-8,16H2,1H3,(H,28,29,30)/t25-/m1/s1. The summed E-state index contributed by atoms with van der Waals surface area (Å²) in [6.45, 7) is 0. The van der Waals surface area contributed by atoms with Crippen molar-refractivity contribution in [1.29, 1.82) is 0 Å². The van der Waals surface area contributed by atoms with Crippen LogP contribution < -0.4 is 10.1 Å². The number of hydrogen-bond acceptors (Lipinski definition) is 6. The lowest BCUT2D eigenvalue weighted by molar-refractivity contribution is -0.116. The molecule has 3 aromatic carbocycles. The summed E-state index contributed by atoms with van der Waals surface area (Å²) in [6.07, 6.45) is 2.28. The predicted octanol–water partition coefficient (Wildman–Crippen LogP) is 5.75. The molecule has 0 radical (unpaired) electrons. The van der Waals surface area contributed by atoms with Gasteiger partial charge in [0.25, 0.3) is 0 Å². The molecule has 0 spiro atoms. The van der Waals surface area contributed by atoms with Crippen LogP contribution in [0, 0.1) is 0 Å². The smallest absolute Gasteiger partial charge is 0.227 e. The zero-order valence-electron chi connectivity index (χ0n) is 18.8. The number of anilines is 1. The minimum Gasteiger partial charge on any atom is -0.497 e. The van der Waals surface area contributed by atoms with E-state index in [1.165, 1.54) is 16.3 Å². The highest BCUT2D eigenvalue weighted by atomic mass is 32.2. The molecule has 0 fully saturated rings. The maximum atomic E-state index is 13.0. The van der Waals surface area contributed by atoms with E-state index in [0.29, 0.717) is 17.5 Å². The van der Waals surface area contributed by atoms with Crippen molar-refractivity contribution in [3.05, 3.63) is 89.1 Å². The average molecular weight is 469 g/mol. The zero-order chi connectivity index (χ0) is 23.1. The summed E-state index contributed by atoms with van der Waals surface area (Å²) in [6, 6.07) is 22.5. The third-order valence-corrected chi connectivity index (χ3v) is 7.37. The first-order chi connectivity index (χ1) is 16.7. The van der Waals surface area contributed by atoms with E-state index < -0.39 is 0 Å². The van der Waals surface area contributed by atoms with Gasteiger partial charge in [0.05, 0.1) is 7.11 Å². The van der Waals surface area contributed by atoms with Crippen molar-refractivity contribution >= 4 is 34.3 Å². The van der Waals surface area contributed by atoms with Crippen LogP contribution >= 0.6 is 11.8 Å². The molecule has 1 N–H and O–H groups in total. The van der Waals surface area contributed by atoms with Gasteiger partial charge in [0.1, 0.15) is 11.8 Å². The number of ether oxygens (including phenoxy) is 1. The third kappa shape index (κ3) is 3.76. The second-order valence-corrected chi connectivity index (χ2v) is 9.54. The molecule has 6 nitrogen and oxygen atoms in total. The van der Waals surface area contributed by atoms with Crippen LogP contribution in [0.25, 0.3) is 10.8 Å². The minimum atomic E-state index is -0.285. The number of allylic oxidation sites excluding steroid dienone is 2. The van der Waals surface area contributed by atoms with Crippen molar-refractivity contribution in [2.45, 2.75) is 36.2 Å². The highest BCUT2D eigenvalue weighted by molar-refractivity contribution is 7.98. The minimum absolute atomic E-state index is 0.182. The summed E-state index contributed by atoms with van der Waals surface area (Å²) in [5.74, 6) is 2.43. The number of fused-ring (bicyclic) bond motifs is 2. The molecule has 0 bridgehead atoms. The Labute approximate surface area is 202 Å². The van der Waals surface area contributed by atoms with Gasteiger partial charge in [-0.15, -0.1) is 5.10 Å². The first-order valence-electron chi connectivity index (χ1n) is 11.4. The van der Waals surface area contributed by atoms with Crippen LogP contribution in [0.2, 0.25) is 0 Å². The fraction of sp³-hybridized carbons (Fsp3) is 0.222. The van der Waals surface area contributed by atoms with Crippen molar-refractivity contribution in [2.75, 3.05) is 12.4 Å². The van der Waals surface area contributed by atoms with Gasteiger partial charge in [-0.3, -0.25) is 4.79 Å². The molecule has 1 atom stereocenters. The fourth-order valence-corrected chi connectivity index (χ4v) is 5.54. The first-order valence-corrected chi connectivity index (χ1v) is 12.4. The molecule has 0 unspecified atom stereocenters. The van der Waals surface area contributed by atoms with Gasteiger partial charge in [-0.25, -0.2) is 4.68 Å². The van der Waals surface area contributed by atoms with E-state index in [1.807, 2.05) is 28.9 Å². The molecular weight excluding hydrogens is 444 g/mol.